The van der Waals surface area contributed by atoms with Crippen LogP contribution >= 0.6 is 0 Å². The average molecular weight is 332 g/mol. The SMILES string of the molecule is c1cnc2c(c1)CCCC2NCc1nc2ccccc2n1CC1CC1. The fourth-order valence-electron chi connectivity index (χ4n) is 4.05. The number of rotatable bonds is 5. The van der Waals surface area contributed by atoms with Crippen LogP contribution < -0.4 is 5.32 Å². The lowest BCUT2D eigenvalue weighted by molar-refractivity contribution is 0.435. The van der Waals surface area contributed by atoms with Crippen LogP contribution in [-0.2, 0) is 19.5 Å². The molecule has 4 nitrogen and oxygen atoms in total. The van der Waals surface area contributed by atoms with Gasteiger partial charge in [-0.05, 0) is 61.8 Å². The number of nitrogens with one attached hydrogen (secondary N) is 1. The number of benzene rings is 1. The molecule has 2 heterocycles. The monoisotopic (exact) mass is 332 g/mol. The van der Waals surface area contributed by atoms with Crippen LogP contribution in [0.3, 0.4) is 0 Å². The molecule has 1 unspecified atom stereocenters. The van der Waals surface area contributed by atoms with Gasteiger partial charge in [-0.3, -0.25) is 4.98 Å². The molecule has 2 aromatic heterocycles. The van der Waals surface area contributed by atoms with Gasteiger partial charge < -0.3 is 9.88 Å². The van der Waals surface area contributed by atoms with E-state index in [-0.39, 0.29) is 0 Å². The van der Waals surface area contributed by atoms with E-state index in [0.29, 0.717) is 6.04 Å². The van der Waals surface area contributed by atoms with Crippen molar-refractivity contribution in [2.24, 2.45) is 5.92 Å². The number of fused-ring (bicyclic) bond motifs is 2. The molecule has 1 N–H and O–H groups in total. The highest BCUT2D eigenvalue weighted by Crippen LogP contribution is 2.33. The number of hydrogen-bond acceptors (Lipinski definition) is 3. The Hall–Kier alpha value is -2.20. The molecule has 1 saturated carbocycles. The summed E-state index contributed by atoms with van der Waals surface area (Å²) in [5.74, 6) is 2.00. The van der Waals surface area contributed by atoms with Gasteiger partial charge >= 0.3 is 0 Å². The number of para-hydroxylation sites is 2. The molecular weight excluding hydrogens is 308 g/mol. The number of pyridine rings is 1. The topological polar surface area (TPSA) is 42.7 Å². The second-order valence-corrected chi connectivity index (χ2v) is 7.44. The molecule has 2 aliphatic rings. The van der Waals surface area contributed by atoms with Crippen molar-refractivity contribution in [1.29, 1.82) is 0 Å². The number of aryl methyl sites for hydroxylation is 1. The number of aromatic nitrogens is 3. The molecule has 1 atom stereocenters. The van der Waals surface area contributed by atoms with Gasteiger partial charge in [0.15, 0.2) is 0 Å². The van der Waals surface area contributed by atoms with Crippen LogP contribution in [0.2, 0.25) is 0 Å². The summed E-state index contributed by atoms with van der Waals surface area (Å²) in [7, 11) is 0. The highest BCUT2D eigenvalue weighted by molar-refractivity contribution is 5.75. The van der Waals surface area contributed by atoms with Crippen molar-refractivity contribution in [3.63, 3.8) is 0 Å². The number of imidazole rings is 1. The first kappa shape index (κ1) is 15.1. The normalized spacial score (nSPS) is 19.9. The molecule has 1 aromatic carbocycles. The molecule has 1 fully saturated rings. The maximum Gasteiger partial charge on any atom is 0.123 e. The summed E-state index contributed by atoms with van der Waals surface area (Å²) in [5, 5.41) is 3.74. The maximum atomic E-state index is 4.91. The molecular formula is C21H24N4. The number of hydrogen-bond donors (Lipinski definition) is 1. The van der Waals surface area contributed by atoms with Gasteiger partial charge in [0.25, 0.3) is 0 Å². The van der Waals surface area contributed by atoms with Crippen LogP contribution in [0.5, 0.6) is 0 Å². The summed E-state index contributed by atoms with van der Waals surface area (Å²) in [6.45, 7) is 1.92. The molecule has 25 heavy (non-hydrogen) atoms. The molecule has 2 aliphatic carbocycles. The van der Waals surface area contributed by atoms with E-state index >= 15 is 0 Å². The highest BCUT2D eigenvalue weighted by Gasteiger charge is 2.25. The van der Waals surface area contributed by atoms with Crippen molar-refractivity contribution in [3.8, 4) is 0 Å². The first-order valence-corrected chi connectivity index (χ1v) is 9.50. The molecule has 0 aliphatic heterocycles. The Bertz CT molecular complexity index is 894. The van der Waals surface area contributed by atoms with Gasteiger partial charge in [-0.1, -0.05) is 18.2 Å². The molecule has 0 bridgehead atoms. The summed E-state index contributed by atoms with van der Waals surface area (Å²) in [6.07, 6.45) is 8.18. The molecule has 3 aromatic rings. The zero-order valence-electron chi connectivity index (χ0n) is 14.5. The summed E-state index contributed by atoms with van der Waals surface area (Å²) >= 11 is 0. The van der Waals surface area contributed by atoms with Crippen molar-refractivity contribution in [3.05, 3.63) is 59.7 Å². The van der Waals surface area contributed by atoms with Crippen LogP contribution in [0.15, 0.2) is 42.6 Å². The van der Waals surface area contributed by atoms with Crippen molar-refractivity contribution < 1.29 is 0 Å². The van der Waals surface area contributed by atoms with E-state index in [1.807, 2.05) is 6.20 Å². The van der Waals surface area contributed by atoms with Crippen LogP contribution in [0.1, 0.15) is 48.8 Å². The molecule has 0 radical (unpaired) electrons. The van der Waals surface area contributed by atoms with Crippen LogP contribution in [0.25, 0.3) is 11.0 Å². The fraction of sp³-hybridized carbons (Fsp3) is 0.429. The minimum Gasteiger partial charge on any atom is -0.327 e. The van der Waals surface area contributed by atoms with E-state index in [1.165, 1.54) is 36.0 Å². The zero-order valence-corrected chi connectivity index (χ0v) is 14.5. The van der Waals surface area contributed by atoms with Gasteiger partial charge in [0.1, 0.15) is 5.82 Å². The zero-order chi connectivity index (χ0) is 16.6. The van der Waals surface area contributed by atoms with Gasteiger partial charge in [-0.25, -0.2) is 4.98 Å². The lowest BCUT2D eigenvalue weighted by atomic mass is 9.92. The largest absolute Gasteiger partial charge is 0.327 e. The van der Waals surface area contributed by atoms with Crippen molar-refractivity contribution in [2.45, 2.75) is 51.2 Å². The Morgan fingerprint density at radius 1 is 1.08 bits per heavy atom. The van der Waals surface area contributed by atoms with Gasteiger partial charge in [0.2, 0.25) is 0 Å². The molecule has 128 valence electrons. The van der Waals surface area contributed by atoms with Crippen LogP contribution in [0.4, 0.5) is 0 Å². The Morgan fingerprint density at radius 2 is 2.00 bits per heavy atom. The fourth-order valence-corrected chi connectivity index (χ4v) is 4.05. The summed E-state index contributed by atoms with van der Waals surface area (Å²) < 4.78 is 2.43. The second-order valence-electron chi connectivity index (χ2n) is 7.44. The first-order valence-electron chi connectivity index (χ1n) is 9.50. The summed E-state index contributed by atoms with van der Waals surface area (Å²) in [6, 6.07) is 13.1. The van der Waals surface area contributed by atoms with E-state index in [1.54, 1.807) is 0 Å². The predicted octanol–water partition coefficient (Wildman–Crippen LogP) is 4.01. The van der Waals surface area contributed by atoms with E-state index in [2.05, 4.69) is 51.3 Å². The minimum absolute atomic E-state index is 0.346. The Labute approximate surface area is 148 Å². The smallest absolute Gasteiger partial charge is 0.123 e. The third kappa shape index (κ3) is 2.95. The molecule has 0 spiro atoms. The lowest BCUT2D eigenvalue weighted by Gasteiger charge is -2.25. The Kier molecular flexibility index (Phi) is 3.78. The summed E-state index contributed by atoms with van der Waals surface area (Å²) in [4.78, 5) is 9.56. The predicted molar refractivity (Wildman–Crippen MR) is 99.2 cm³/mol. The van der Waals surface area contributed by atoms with Gasteiger partial charge in [-0.15, -0.1) is 0 Å². The lowest BCUT2D eigenvalue weighted by Crippen LogP contribution is -2.27. The second kappa shape index (κ2) is 6.26. The molecule has 0 saturated heterocycles. The number of nitrogens with zero attached hydrogens (tertiary/aromatic N) is 3. The van der Waals surface area contributed by atoms with E-state index in [9.17, 15) is 0 Å². The maximum absolute atomic E-state index is 4.91. The van der Waals surface area contributed by atoms with Crippen LogP contribution in [-0.4, -0.2) is 14.5 Å². The average Bonchev–Trinajstić information content (AvgIpc) is 3.41. The van der Waals surface area contributed by atoms with E-state index in [4.69, 9.17) is 4.98 Å². The third-order valence-corrected chi connectivity index (χ3v) is 5.57. The standard InChI is InChI=1S/C21H24N4/c1-2-9-19-17(7-1)24-20(25(19)14-15-10-11-15)13-23-18-8-3-5-16-6-4-12-22-21(16)18/h1-2,4,6-7,9,12,15,18,23H,3,5,8,10-11,13-14H2. The van der Waals surface area contributed by atoms with Gasteiger partial charge in [-0.2, -0.15) is 0 Å². The first-order chi connectivity index (χ1) is 12.4. The van der Waals surface area contributed by atoms with E-state index in [0.717, 1.165) is 43.2 Å². The molecule has 0 amide bonds. The highest BCUT2D eigenvalue weighted by atomic mass is 15.1. The molecule has 5 rings (SSSR count). The van der Waals surface area contributed by atoms with Crippen molar-refractivity contribution in [2.75, 3.05) is 0 Å². The van der Waals surface area contributed by atoms with Gasteiger partial charge in [0, 0.05) is 12.7 Å². The van der Waals surface area contributed by atoms with Crippen molar-refractivity contribution in [1.82, 2.24) is 19.9 Å². The minimum atomic E-state index is 0.346. The van der Waals surface area contributed by atoms with Crippen molar-refractivity contribution >= 4 is 11.0 Å². The molecule has 4 heteroatoms. The van der Waals surface area contributed by atoms with Gasteiger partial charge in [0.05, 0.1) is 29.3 Å². The third-order valence-electron chi connectivity index (χ3n) is 5.57. The van der Waals surface area contributed by atoms with Crippen LogP contribution in [0, 0.1) is 5.92 Å². The quantitative estimate of drug-likeness (QED) is 0.768. The summed E-state index contributed by atoms with van der Waals surface area (Å²) in [5.41, 5.74) is 5.02. The Balaban J connectivity index is 1.41. The van der Waals surface area contributed by atoms with E-state index < -0.39 is 0 Å². The Morgan fingerprint density at radius 3 is 2.92 bits per heavy atom.